The predicted molar refractivity (Wildman–Crippen MR) is 121 cm³/mol. The molecule has 160 valence electrons. The Balaban J connectivity index is 1.32. The van der Waals surface area contributed by atoms with Crippen molar-refractivity contribution in [1.82, 2.24) is 10.2 Å². The summed E-state index contributed by atoms with van der Waals surface area (Å²) in [5.41, 5.74) is 3.44. The van der Waals surface area contributed by atoms with Crippen molar-refractivity contribution in [2.45, 2.75) is 25.5 Å². The molecule has 1 aliphatic rings. The lowest BCUT2D eigenvalue weighted by Gasteiger charge is -2.29. The first kappa shape index (κ1) is 21.1. The molecule has 0 aromatic heterocycles. The number of rotatable bonds is 6. The number of carbonyl (C=O) groups is 1. The van der Waals surface area contributed by atoms with E-state index in [4.69, 9.17) is 4.74 Å². The lowest BCUT2D eigenvalue weighted by atomic mass is 10.0. The first-order chi connectivity index (χ1) is 15.1. The van der Waals surface area contributed by atoms with Gasteiger partial charge in [0.2, 0.25) is 0 Å². The van der Waals surface area contributed by atoms with E-state index in [1.54, 1.807) is 24.3 Å². The van der Waals surface area contributed by atoms with Gasteiger partial charge < -0.3 is 15.0 Å². The third-order valence-corrected chi connectivity index (χ3v) is 5.64. The normalized spacial score (nSPS) is 14.9. The molecule has 3 aromatic rings. The molecule has 1 heterocycles. The van der Waals surface area contributed by atoms with Gasteiger partial charge in [-0.1, -0.05) is 36.4 Å². The van der Waals surface area contributed by atoms with Crippen LogP contribution in [-0.2, 0) is 6.54 Å². The van der Waals surface area contributed by atoms with E-state index >= 15 is 0 Å². The molecule has 0 saturated carbocycles. The topological polar surface area (TPSA) is 41.6 Å². The largest absolute Gasteiger partial charge is 0.490 e. The molecule has 1 fully saturated rings. The summed E-state index contributed by atoms with van der Waals surface area (Å²) in [6, 6.07) is 21.5. The van der Waals surface area contributed by atoms with Gasteiger partial charge in [-0.3, -0.25) is 4.79 Å². The third kappa shape index (κ3) is 5.70. The summed E-state index contributed by atoms with van der Waals surface area (Å²) < 4.78 is 19.2. The Hall–Kier alpha value is -3.18. The molecule has 1 aliphatic heterocycles. The van der Waals surface area contributed by atoms with Gasteiger partial charge in [0, 0.05) is 25.2 Å². The van der Waals surface area contributed by atoms with Crippen LogP contribution in [0.15, 0.2) is 72.8 Å². The third-order valence-electron chi connectivity index (χ3n) is 5.64. The lowest BCUT2D eigenvalue weighted by Crippen LogP contribution is -2.35. The molecule has 0 aliphatic carbocycles. The minimum Gasteiger partial charge on any atom is -0.490 e. The van der Waals surface area contributed by atoms with E-state index in [0.717, 1.165) is 48.4 Å². The van der Waals surface area contributed by atoms with Crippen molar-refractivity contribution in [3.63, 3.8) is 0 Å². The number of piperidine rings is 1. The number of nitrogens with one attached hydrogen (secondary N) is 1. The fourth-order valence-corrected chi connectivity index (χ4v) is 3.76. The van der Waals surface area contributed by atoms with Crippen LogP contribution < -0.4 is 10.1 Å². The van der Waals surface area contributed by atoms with E-state index in [2.05, 4.69) is 17.3 Å². The maximum absolute atomic E-state index is 13.1. The molecule has 0 radical (unpaired) electrons. The summed E-state index contributed by atoms with van der Waals surface area (Å²) in [5, 5.41) is 2.97. The zero-order valence-electron chi connectivity index (χ0n) is 17.7. The van der Waals surface area contributed by atoms with Gasteiger partial charge in [-0.15, -0.1) is 0 Å². The molecular weight excluding hydrogens is 391 g/mol. The van der Waals surface area contributed by atoms with E-state index in [1.807, 2.05) is 36.4 Å². The summed E-state index contributed by atoms with van der Waals surface area (Å²) in [6.07, 6.45) is 2.32. The number of hydrogen-bond donors (Lipinski definition) is 1. The smallest absolute Gasteiger partial charge is 0.251 e. The fourth-order valence-electron chi connectivity index (χ4n) is 3.76. The molecule has 0 atom stereocenters. The second-order valence-corrected chi connectivity index (χ2v) is 8.03. The zero-order chi connectivity index (χ0) is 21.6. The molecule has 0 unspecified atom stereocenters. The number of hydrogen-bond acceptors (Lipinski definition) is 3. The maximum atomic E-state index is 13.1. The molecule has 3 aromatic carbocycles. The molecule has 31 heavy (non-hydrogen) atoms. The number of benzene rings is 3. The van der Waals surface area contributed by atoms with E-state index < -0.39 is 0 Å². The van der Waals surface area contributed by atoms with E-state index in [9.17, 15) is 9.18 Å². The van der Waals surface area contributed by atoms with Crippen LogP contribution in [0.1, 0.15) is 28.8 Å². The van der Waals surface area contributed by atoms with Crippen LogP contribution >= 0.6 is 0 Å². The van der Waals surface area contributed by atoms with Crippen LogP contribution in [-0.4, -0.2) is 37.0 Å². The molecule has 1 amide bonds. The fraction of sp³-hybridized carbons (Fsp3) is 0.269. The maximum Gasteiger partial charge on any atom is 0.251 e. The number of likely N-dealkylation sites (tertiary alicyclic amines) is 1. The van der Waals surface area contributed by atoms with E-state index in [0.29, 0.717) is 12.1 Å². The first-order valence-corrected chi connectivity index (χ1v) is 10.7. The molecule has 1 N–H and O–H groups in total. The summed E-state index contributed by atoms with van der Waals surface area (Å²) in [7, 11) is 2.13. The number of amides is 1. The van der Waals surface area contributed by atoms with Crippen LogP contribution in [0.4, 0.5) is 4.39 Å². The molecular formula is C26H27FN2O2. The summed E-state index contributed by atoms with van der Waals surface area (Å²) in [5.74, 6) is 0.456. The van der Waals surface area contributed by atoms with Gasteiger partial charge in [0.25, 0.3) is 5.91 Å². The Labute approximate surface area is 182 Å². The van der Waals surface area contributed by atoms with Crippen LogP contribution in [0.25, 0.3) is 11.1 Å². The number of halogens is 1. The van der Waals surface area contributed by atoms with Gasteiger partial charge in [0.1, 0.15) is 17.7 Å². The van der Waals surface area contributed by atoms with Crippen LogP contribution in [0.2, 0.25) is 0 Å². The van der Waals surface area contributed by atoms with Gasteiger partial charge in [-0.05, 0) is 73.0 Å². The minimum atomic E-state index is -0.263. The van der Waals surface area contributed by atoms with Crippen molar-refractivity contribution in [2.24, 2.45) is 0 Å². The molecule has 4 nitrogen and oxygen atoms in total. The Morgan fingerprint density at radius 3 is 2.32 bits per heavy atom. The molecule has 5 heteroatoms. The van der Waals surface area contributed by atoms with Crippen LogP contribution in [0, 0.1) is 5.82 Å². The van der Waals surface area contributed by atoms with E-state index in [1.165, 1.54) is 12.1 Å². The highest BCUT2D eigenvalue weighted by molar-refractivity contribution is 5.94. The Kier molecular flexibility index (Phi) is 6.63. The van der Waals surface area contributed by atoms with Crippen molar-refractivity contribution in [3.05, 3.63) is 89.7 Å². The zero-order valence-corrected chi connectivity index (χ0v) is 17.7. The van der Waals surface area contributed by atoms with Gasteiger partial charge >= 0.3 is 0 Å². The van der Waals surface area contributed by atoms with Crippen LogP contribution in [0.3, 0.4) is 0 Å². The number of carbonyl (C=O) groups excluding carboxylic acids is 1. The standard InChI is InChI=1S/C26H27FN2O2/c1-29-15-13-24(14-16-29)31-25-4-2-3-19(17-25)18-28-26(30)22-7-5-20(6-8-22)21-9-11-23(27)12-10-21/h2-12,17,24H,13-16,18H2,1H3,(H,28,30). The second-order valence-electron chi connectivity index (χ2n) is 8.03. The molecule has 0 spiro atoms. The van der Waals surface area contributed by atoms with Crippen molar-refractivity contribution in [1.29, 1.82) is 0 Å². The summed E-state index contributed by atoms with van der Waals surface area (Å²) >= 11 is 0. The van der Waals surface area contributed by atoms with E-state index in [-0.39, 0.29) is 17.8 Å². The first-order valence-electron chi connectivity index (χ1n) is 10.7. The number of nitrogens with zero attached hydrogens (tertiary/aromatic N) is 1. The van der Waals surface area contributed by atoms with Gasteiger partial charge in [0.15, 0.2) is 0 Å². The number of ether oxygens (including phenoxy) is 1. The Morgan fingerprint density at radius 2 is 1.65 bits per heavy atom. The van der Waals surface area contributed by atoms with Gasteiger partial charge in [-0.25, -0.2) is 4.39 Å². The Bertz CT molecular complexity index is 1010. The highest BCUT2D eigenvalue weighted by atomic mass is 19.1. The molecule has 4 rings (SSSR count). The highest BCUT2D eigenvalue weighted by Gasteiger charge is 2.18. The Morgan fingerprint density at radius 1 is 1.00 bits per heavy atom. The van der Waals surface area contributed by atoms with Crippen molar-refractivity contribution in [2.75, 3.05) is 20.1 Å². The minimum absolute atomic E-state index is 0.132. The average molecular weight is 419 g/mol. The van der Waals surface area contributed by atoms with Crippen molar-refractivity contribution < 1.29 is 13.9 Å². The second kappa shape index (κ2) is 9.75. The van der Waals surface area contributed by atoms with Crippen LogP contribution in [0.5, 0.6) is 5.75 Å². The quantitative estimate of drug-likeness (QED) is 0.619. The van der Waals surface area contributed by atoms with Gasteiger partial charge in [0.05, 0.1) is 0 Å². The van der Waals surface area contributed by atoms with Crippen molar-refractivity contribution >= 4 is 5.91 Å². The summed E-state index contributed by atoms with van der Waals surface area (Å²) in [6.45, 7) is 2.55. The SMILES string of the molecule is CN1CCC(Oc2cccc(CNC(=O)c3ccc(-c4ccc(F)cc4)cc3)c2)CC1. The molecule has 0 bridgehead atoms. The predicted octanol–water partition coefficient (Wildman–Crippen LogP) is 4.90. The summed E-state index contributed by atoms with van der Waals surface area (Å²) in [4.78, 5) is 14.9. The van der Waals surface area contributed by atoms with Crippen molar-refractivity contribution in [3.8, 4) is 16.9 Å². The molecule has 1 saturated heterocycles. The average Bonchev–Trinajstić information content (AvgIpc) is 2.80. The lowest BCUT2D eigenvalue weighted by molar-refractivity contribution is 0.0950. The van der Waals surface area contributed by atoms with Gasteiger partial charge in [-0.2, -0.15) is 0 Å². The monoisotopic (exact) mass is 418 g/mol. The highest BCUT2D eigenvalue weighted by Crippen LogP contribution is 2.21.